The number of fused-ring (bicyclic) bond motifs is 1. The average molecular weight is 217 g/mol. The molecule has 15 heavy (non-hydrogen) atoms. The van der Waals surface area contributed by atoms with Crippen molar-refractivity contribution in [2.45, 2.75) is 24.3 Å². The zero-order chi connectivity index (χ0) is 10.8. The van der Waals surface area contributed by atoms with Gasteiger partial charge in [-0.1, -0.05) is 17.8 Å². The monoisotopic (exact) mass is 217 g/mol. The van der Waals surface area contributed by atoms with Gasteiger partial charge in [-0.2, -0.15) is 5.26 Å². The third kappa shape index (κ3) is 2.13. The highest BCUT2D eigenvalue weighted by molar-refractivity contribution is 8.00. The molecule has 1 heterocycles. The van der Waals surface area contributed by atoms with Gasteiger partial charge in [0.1, 0.15) is 0 Å². The minimum absolute atomic E-state index is 0.0772. The van der Waals surface area contributed by atoms with E-state index in [-0.39, 0.29) is 5.25 Å². The summed E-state index contributed by atoms with van der Waals surface area (Å²) in [5.41, 5.74) is 3.19. The average Bonchev–Trinajstić information content (AvgIpc) is 2.59. The molecule has 76 valence electrons. The third-order valence-electron chi connectivity index (χ3n) is 2.09. The van der Waals surface area contributed by atoms with Crippen LogP contribution in [-0.4, -0.2) is 15.2 Å². The van der Waals surface area contributed by atoms with Crippen molar-refractivity contribution >= 4 is 22.8 Å². The van der Waals surface area contributed by atoms with Gasteiger partial charge in [-0.3, -0.25) is 0 Å². The number of hydrogen-bond donors (Lipinski definition) is 1. The number of aromatic nitrogens is 2. The Morgan fingerprint density at radius 3 is 3.07 bits per heavy atom. The highest BCUT2D eigenvalue weighted by atomic mass is 32.2. The van der Waals surface area contributed by atoms with E-state index in [2.05, 4.69) is 22.1 Å². The quantitative estimate of drug-likeness (QED) is 0.787. The molecule has 1 atom stereocenters. The van der Waals surface area contributed by atoms with Crippen LogP contribution in [0.1, 0.15) is 12.5 Å². The van der Waals surface area contributed by atoms with Gasteiger partial charge in [-0.25, -0.2) is 4.98 Å². The standard InChI is InChI=1S/C11H11N3S/c1-7-3-4-9-10(5-7)14-11(13-9)15-8(2)6-12/h3-5,8H,1-2H3,(H,13,14)/t8-/m1/s1. The Morgan fingerprint density at radius 1 is 1.53 bits per heavy atom. The molecule has 0 aliphatic heterocycles. The number of aryl methyl sites for hydroxylation is 1. The molecule has 1 aromatic heterocycles. The number of aromatic amines is 1. The Labute approximate surface area is 92.5 Å². The highest BCUT2D eigenvalue weighted by Crippen LogP contribution is 2.23. The Morgan fingerprint density at radius 2 is 2.33 bits per heavy atom. The molecule has 0 radical (unpaired) electrons. The van der Waals surface area contributed by atoms with Gasteiger partial charge in [-0.05, 0) is 31.5 Å². The van der Waals surface area contributed by atoms with Crippen molar-refractivity contribution in [1.82, 2.24) is 9.97 Å². The van der Waals surface area contributed by atoms with Gasteiger partial charge in [0, 0.05) is 0 Å². The first-order valence-corrected chi connectivity index (χ1v) is 5.59. The highest BCUT2D eigenvalue weighted by Gasteiger charge is 2.07. The molecule has 0 fully saturated rings. The fraction of sp³-hybridized carbons (Fsp3) is 0.273. The molecule has 0 saturated heterocycles. The lowest BCUT2D eigenvalue weighted by Gasteiger charge is -1.95. The SMILES string of the molecule is Cc1ccc2nc(S[C@H](C)C#N)[nH]c2c1. The van der Waals surface area contributed by atoms with E-state index in [1.54, 1.807) is 0 Å². The van der Waals surface area contributed by atoms with Crippen molar-refractivity contribution in [2.24, 2.45) is 0 Å². The van der Waals surface area contributed by atoms with E-state index in [0.717, 1.165) is 16.2 Å². The molecule has 0 spiro atoms. The van der Waals surface area contributed by atoms with E-state index >= 15 is 0 Å². The summed E-state index contributed by atoms with van der Waals surface area (Å²) in [5.74, 6) is 0. The summed E-state index contributed by atoms with van der Waals surface area (Å²) in [6.07, 6.45) is 0. The maximum absolute atomic E-state index is 8.70. The molecule has 1 N–H and O–H groups in total. The Kier molecular flexibility index (Phi) is 2.65. The smallest absolute Gasteiger partial charge is 0.167 e. The Hall–Kier alpha value is -1.47. The maximum Gasteiger partial charge on any atom is 0.167 e. The Balaban J connectivity index is 2.35. The lowest BCUT2D eigenvalue weighted by molar-refractivity contribution is 1.07. The summed E-state index contributed by atoms with van der Waals surface area (Å²) >= 11 is 1.45. The predicted octanol–water partition coefficient (Wildman–Crippen LogP) is 2.88. The van der Waals surface area contributed by atoms with Crippen molar-refractivity contribution in [3.05, 3.63) is 23.8 Å². The summed E-state index contributed by atoms with van der Waals surface area (Å²) in [6.45, 7) is 3.91. The summed E-state index contributed by atoms with van der Waals surface area (Å²) in [6, 6.07) is 8.25. The number of hydrogen-bond acceptors (Lipinski definition) is 3. The van der Waals surface area contributed by atoms with Gasteiger partial charge in [0.15, 0.2) is 5.16 Å². The van der Waals surface area contributed by atoms with Crippen molar-refractivity contribution in [3.63, 3.8) is 0 Å². The van der Waals surface area contributed by atoms with Crippen LogP contribution in [0, 0.1) is 18.3 Å². The van der Waals surface area contributed by atoms with Crippen molar-refractivity contribution in [1.29, 1.82) is 5.26 Å². The Bertz CT molecular complexity index is 524. The first-order chi connectivity index (χ1) is 7.19. The zero-order valence-corrected chi connectivity index (χ0v) is 9.43. The normalized spacial score (nSPS) is 12.6. The van der Waals surface area contributed by atoms with Crippen LogP contribution in [0.15, 0.2) is 23.4 Å². The van der Waals surface area contributed by atoms with E-state index in [9.17, 15) is 0 Å². The first-order valence-electron chi connectivity index (χ1n) is 4.71. The molecule has 0 amide bonds. The second-order valence-corrected chi connectivity index (χ2v) is 4.78. The molecule has 0 bridgehead atoms. The van der Waals surface area contributed by atoms with E-state index in [1.165, 1.54) is 17.3 Å². The molecule has 2 aromatic rings. The number of nitrogens with zero attached hydrogens (tertiary/aromatic N) is 2. The van der Waals surface area contributed by atoms with E-state index < -0.39 is 0 Å². The van der Waals surface area contributed by atoms with Gasteiger partial charge in [0.05, 0.1) is 22.4 Å². The lowest BCUT2D eigenvalue weighted by atomic mass is 10.2. The van der Waals surface area contributed by atoms with E-state index in [4.69, 9.17) is 5.26 Å². The first kappa shape index (κ1) is 10.1. The van der Waals surface area contributed by atoms with Gasteiger partial charge >= 0.3 is 0 Å². The van der Waals surface area contributed by atoms with Crippen LogP contribution in [0.5, 0.6) is 0 Å². The summed E-state index contributed by atoms with van der Waals surface area (Å²) in [5, 5.41) is 9.44. The molecule has 0 aliphatic carbocycles. The molecular weight excluding hydrogens is 206 g/mol. The van der Waals surface area contributed by atoms with Crippen LogP contribution in [0.4, 0.5) is 0 Å². The molecular formula is C11H11N3S. The second kappa shape index (κ2) is 3.95. The minimum atomic E-state index is -0.0772. The molecule has 1 aromatic carbocycles. The van der Waals surface area contributed by atoms with Gasteiger partial charge in [-0.15, -0.1) is 0 Å². The largest absolute Gasteiger partial charge is 0.333 e. The number of nitrogens with one attached hydrogen (secondary N) is 1. The second-order valence-electron chi connectivity index (χ2n) is 3.45. The van der Waals surface area contributed by atoms with Crippen LogP contribution in [0.3, 0.4) is 0 Å². The fourth-order valence-electron chi connectivity index (χ4n) is 1.35. The van der Waals surface area contributed by atoms with E-state index in [1.807, 2.05) is 26.0 Å². The minimum Gasteiger partial charge on any atom is -0.333 e. The number of H-pyrrole nitrogens is 1. The third-order valence-corrected chi connectivity index (χ3v) is 2.96. The van der Waals surface area contributed by atoms with Crippen LogP contribution < -0.4 is 0 Å². The molecule has 0 aliphatic rings. The lowest BCUT2D eigenvalue weighted by Crippen LogP contribution is -1.89. The van der Waals surface area contributed by atoms with Gasteiger partial charge < -0.3 is 4.98 Å². The fourth-order valence-corrected chi connectivity index (χ4v) is 2.06. The topological polar surface area (TPSA) is 52.5 Å². The van der Waals surface area contributed by atoms with Crippen LogP contribution in [0.25, 0.3) is 11.0 Å². The predicted molar refractivity (Wildman–Crippen MR) is 61.8 cm³/mol. The van der Waals surface area contributed by atoms with E-state index in [0.29, 0.717) is 0 Å². The molecule has 4 heteroatoms. The molecule has 0 saturated carbocycles. The number of thioether (sulfide) groups is 1. The summed E-state index contributed by atoms with van der Waals surface area (Å²) < 4.78 is 0. The van der Waals surface area contributed by atoms with Crippen molar-refractivity contribution in [3.8, 4) is 6.07 Å². The number of nitriles is 1. The summed E-state index contributed by atoms with van der Waals surface area (Å²) in [4.78, 5) is 7.60. The molecule has 0 unspecified atom stereocenters. The number of imidazole rings is 1. The summed E-state index contributed by atoms with van der Waals surface area (Å²) in [7, 11) is 0. The maximum atomic E-state index is 8.70. The molecule has 2 rings (SSSR count). The van der Waals surface area contributed by atoms with Gasteiger partial charge in [0.2, 0.25) is 0 Å². The number of rotatable bonds is 2. The van der Waals surface area contributed by atoms with Crippen molar-refractivity contribution < 1.29 is 0 Å². The van der Waals surface area contributed by atoms with Crippen LogP contribution in [0.2, 0.25) is 0 Å². The van der Waals surface area contributed by atoms with Crippen LogP contribution in [-0.2, 0) is 0 Å². The van der Waals surface area contributed by atoms with Crippen LogP contribution >= 0.6 is 11.8 Å². The number of benzene rings is 1. The van der Waals surface area contributed by atoms with Crippen molar-refractivity contribution in [2.75, 3.05) is 0 Å². The van der Waals surface area contributed by atoms with Gasteiger partial charge in [0.25, 0.3) is 0 Å². The zero-order valence-electron chi connectivity index (χ0n) is 8.61. The molecule has 3 nitrogen and oxygen atoms in total.